The predicted molar refractivity (Wildman–Crippen MR) is 45.4 cm³/mol. The number of phenolic OH excluding ortho intramolecular Hbond substituents is 1. The molecule has 0 bridgehead atoms. The molecule has 0 aliphatic carbocycles. The molecule has 3 nitrogen and oxygen atoms in total. The average molecular weight is 161 g/mol. The van der Waals surface area contributed by atoms with Crippen LogP contribution in [-0.4, -0.2) is 11.7 Å². The number of nitriles is 1. The van der Waals surface area contributed by atoms with Gasteiger partial charge in [-0.15, -0.1) is 0 Å². The Balaban J connectivity index is 2.48. The minimum Gasteiger partial charge on any atom is -0.508 e. The molecule has 1 aromatic rings. The minimum atomic E-state index is 0.268. The first-order chi connectivity index (χ1) is 5.83. The third-order valence-corrected chi connectivity index (χ3v) is 1.53. The Morgan fingerprint density at radius 2 is 2.33 bits per heavy atom. The van der Waals surface area contributed by atoms with Gasteiger partial charge in [0.25, 0.3) is 0 Å². The number of rotatable bonds is 3. The van der Waals surface area contributed by atoms with Gasteiger partial charge in [-0.3, -0.25) is 0 Å². The second-order valence-corrected chi connectivity index (χ2v) is 2.46. The van der Waals surface area contributed by atoms with Crippen LogP contribution in [0, 0.1) is 11.5 Å². The Morgan fingerprint density at radius 1 is 1.50 bits per heavy atom. The first kappa shape index (κ1) is 8.41. The second kappa shape index (κ2) is 4.24. The fourth-order valence-corrected chi connectivity index (χ4v) is 0.975. The van der Waals surface area contributed by atoms with E-state index in [9.17, 15) is 0 Å². The van der Waals surface area contributed by atoms with Gasteiger partial charge in [-0.2, -0.15) is 5.26 Å². The van der Waals surface area contributed by atoms with Crippen molar-refractivity contribution in [3.63, 3.8) is 0 Å². The Bertz CT molecular complexity index is 291. The monoisotopic (exact) mass is 161 g/mol. The molecule has 0 aliphatic heterocycles. The van der Waals surface area contributed by atoms with Gasteiger partial charge >= 0.3 is 0 Å². The lowest BCUT2D eigenvalue weighted by molar-refractivity contribution is 0.474. The van der Waals surface area contributed by atoms with Crippen LogP contribution in [0.2, 0.25) is 0 Å². The Hall–Kier alpha value is -1.69. The molecule has 0 atom stereocenters. The van der Waals surface area contributed by atoms with Crippen molar-refractivity contribution < 1.29 is 5.11 Å². The molecule has 0 aromatic heterocycles. The van der Waals surface area contributed by atoms with E-state index in [1.165, 1.54) is 0 Å². The molecule has 0 amide bonds. The number of phenols is 1. The zero-order chi connectivity index (χ0) is 8.81. The highest BCUT2D eigenvalue weighted by Crippen LogP contribution is 2.10. The quantitative estimate of drug-likeness (QED) is 0.395. The van der Waals surface area contributed by atoms with Crippen molar-refractivity contribution in [3.05, 3.63) is 29.8 Å². The minimum absolute atomic E-state index is 0.268. The van der Waals surface area contributed by atoms with Crippen molar-refractivity contribution >= 4 is 0 Å². The Kier molecular flexibility index (Phi) is 2.97. The van der Waals surface area contributed by atoms with Crippen LogP contribution in [0.15, 0.2) is 24.3 Å². The van der Waals surface area contributed by atoms with Gasteiger partial charge in [-0.25, -0.2) is 0 Å². The third kappa shape index (κ3) is 2.51. The van der Waals surface area contributed by atoms with E-state index in [-0.39, 0.29) is 5.75 Å². The van der Waals surface area contributed by atoms with Crippen molar-refractivity contribution in [2.24, 2.45) is 0 Å². The van der Waals surface area contributed by atoms with Crippen LogP contribution >= 0.6 is 0 Å². The molecule has 0 heterocycles. The van der Waals surface area contributed by atoms with Crippen LogP contribution in [0.3, 0.4) is 0 Å². The summed E-state index contributed by atoms with van der Waals surface area (Å²) in [6.07, 6.45) is 2.59. The van der Waals surface area contributed by atoms with E-state index in [2.05, 4.69) is 5.32 Å². The molecule has 0 radical (unpaired) electrons. The van der Waals surface area contributed by atoms with E-state index in [4.69, 9.17) is 10.4 Å². The lowest BCUT2D eigenvalue weighted by Gasteiger charge is -1.99. The summed E-state index contributed by atoms with van der Waals surface area (Å²) in [5, 5.41) is 19.8. The molecule has 0 fully saturated rings. The van der Waals surface area contributed by atoms with E-state index in [1.807, 2.05) is 12.3 Å². The summed E-state index contributed by atoms with van der Waals surface area (Å²) >= 11 is 0. The van der Waals surface area contributed by atoms with Crippen LogP contribution in [0.1, 0.15) is 5.56 Å². The van der Waals surface area contributed by atoms with Crippen molar-refractivity contribution in [2.75, 3.05) is 6.54 Å². The van der Waals surface area contributed by atoms with Gasteiger partial charge in [0.1, 0.15) is 5.75 Å². The number of benzene rings is 1. The SMILES string of the molecule is N#[11C]NCCc1cccc(O)c1. The molecule has 0 unspecified atom stereocenters. The zero-order valence-electron chi connectivity index (χ0n) is 6.62. The molecule has 0 aliphatic rings. The van der Waals surface area contributed by atoms with E-state index < -0.39 is 0 Å². The summed E-state index contributed by atoms with van der Waals surface area (Å²) in [5.74, 6) is 0.268. The number of nitrogens with one attached hydrogen (secondary N) is 1. The summed E-state index contributed by atoms with van der Waals surface area (Å²) < 4.78 is 0. The lowest BCUT2D eigenvalue weighted by atomic mass is 10.1. The summed E-state index contributed by atoms with van der Waals surface area (Å²) in [7, 11) is 0. The molecular formula is C9H10N2O. The van der Waals surface area contributed by atoms with Crippen LogP contribution in [0.25, 0.3) is 0 Å². The van der Waals surface area contributed by atoms with Gasteiger partial charge in [0, 0.05) is 6.54 Å². The lowest BCUT2D eigenvalue weighted by Crippen LogP contribution is -2.09. The molecule has 1 aromatic carbocycles. The van der Waals surface area contributed by atoms with Crippen molar-refractivity contribution in [1.82, 2.24) is 5.32 Å². The molecule has 2 N–H and O–H groups in total. The molecule has 0 saturated heterocycles. The highest BCUT2D eigenvalue weighted by atomic mass is 16.3. The van der Waals surface area contributed by atoms with Crippen molar-refractivity contribution in [1.29, 1.82) is 5.26 Å². The maximum atomic E-state index is 9.08. The molecular weight excluding hydrogens is 151 g/mol. The van der Waals surface area contributed by atoms with E-state index in [0.29, 0.717) is 6.54 Å². The summed E-state index contributed by atoms with van der Waals surface area (Å²) in [6, 6.07) is 7.02. The molecule has 0 saturated carbocycles. The van der Waals surface area contributed by atoms with Crippen LogP contribution in [0.5, 0.6) is 5.75 Å². The van der Waals surface area contributed by atoms with Gasteiger partial charge in [-0.05, 0) is 24.1 Å². The first-order valence-electron chi connectivity index (χ1n) is 3.73. The standard InChI is InChI=1S/C9H10N2O/c10-7-11-5-4-8-2-1-3-9(12)6-8/h1-3,6,11-12H,4-5H2/i7-1. The van der Waals surface area contributed by atoms with Gasteiger partial charge in [0.2, 0.25) is 0 Å². The van der Waals surface area contributed by atoms with E-state index in [1.54, 1.807) is 18.2 Å². The number of hydrogen-bond donors (Lipinski definition) is 2. The average Bonchev–Trinajstić information content (AvgIpc) is 2.05. The molecule has 12 heavy (non-hydrogen) atoms. The second-order valence-electron chi connectivity index (χ2n) is 2.46. The topological polar surface area (TPSA) is 56.0 Å². The Morgan fingerprint density at radius 3 is 3.00 bits per heavy atom. The third-order valence-electron chi connectivity index (χ3n) is 1.53. The molecule has 3 heteroatoms. The first-order valence-corrected chi connectivity index (χ1v) is 3.73. The molecule has 0 spiro atoms. The number of hydrogen-bond acceptors (Lipinski definition) is 3. The summed E-state index contributed by atoms with van der Waals surface area (Å²) in [5.41, 5.74) is 1.03. The van der Waals surface area contributed by atoms with Gasteiger partial charge in [-0.1, -0.05) is 12.1 Å². The van der Waals surface area contributed by atoms with Gasteiger partial charge in [0.05, 0.1) is 0 Å². The fraction of sp³-hybridized carbons (Fsp3) is 0.222. The number of nitrogens with zero attached hydrogens (tertiary/aromatic N) is 1. The summed E-state index contributed by atoms with van der Waals surface area (Å²) in [6.45, 7) is 0.611. The maximum absolute atomic E-state index is 9.08. The van der Waals surface area contributed by atoms with E-state index >= 15 is 0 Å². The predicted octanol–water partition coefficient (Wildman–Crippen LogP) is 1.01. The van der Waals surface area contributed by atoms with Crippen molar-refractivity contribution in [2.45, 2.75) is 6.42 Å². The van der Waals surface area contributed by atoms with E-state index in [0.717, 1.165) is 12.0 Å². The zero-order valence-corrected chi connectivity index (χ0v) is 6.62. The van der Waals surface area contributed by atoms with Crippen LogP contribution in [0.4, 0.5) is 0 Å². The summed E-state index contributed by atoms with van der Waals surface area (Å²) in [4.78, 5) is 0. The van der Waals surface area contributed by atoms with Crippen LogP contribution in [-0.2, 0) is 6.42 Å². The molecule has 1 rings (SSSR count). The maximum Gasteiger partial charge on any atom is 0.176 e. The smallest absolute Gasteiger partial charge is 0.176 e. The van der Waals surface area contributed by atoms with Crippen LogP contribution < -0.4 is 5.32 Å². The number of aromatic hydroxyl groups is 1. The highest BCUT2D eigenvalue weighted by molar-refractivity contribution is 5.27. The van der Waals surface area contributed by atoms with Gasteiger partial charge < -0.3 is 10.4 Å². The van der Waals surface area contributed by atoms with Crippen molar-refractivity contribution in [3.8, 4) is 11.9 Å². The molecule has 62 valence electrons. The highest BCUT2D eigenvalue weighted by Gasteiger charge is 1.92. The van der Waals surface area contributed by atoms with Gasteiger partial charge in [0.15, 0.2) is 6.19 Å². The fourth-order valence-electron chi connectivity index (χ4n) is 0.975. The normalized spacial score (nSPS) is 8.92. The Labute approximate surface area is 71.3 Å². The largest absolute Gasteiger partial charge is 0.508 e.